The standard InChI is InChI=1S/C11H8BrNO2/c1-2-9(12)13-10(14)7-5-3-4-6-8(7)11(13)15/h2-6,9H,1H2. The molecule has 76 valence electrons. The van der Waals surface area contributed by atoms with E-state index in [-0.39, 0.29) is 11.8 Å². The molecule has 0 bridgehead atoms. The second kappa shape index (κ2) is 3.62. The number of carbonyl (C=O) groups excluding carboxylic acids is 2. The largest absolute Gasteiger partial charge is 0.269 e. The van der Waals surface area contributed by atoms with Crippen LogP contribution in [0.4, 0.5) is 0 Å². The van der Waals surface area contributed by atoms with Crippen LogP contribution in [0.25, 0.3) is 0 Å². The van der Waals surface area contributed by atoms with E-state index < -0.39 is 4.95 Å². The highest BCUT2D eigenvalue weighted by Crippen LogP contribution is 2.26. The van der Waals surface area contributed by atoms with Crippen LogP contribution in [0.2, 0.25) is 0 Å². The summed E-state index contributed by atoms with van der Waals surface area (Å²) in [7, 11) is 0. The number of hydrogen-bond donors (Lipinski definition) is 0. The molecule has 2 rings (SSSR count). The van der Waals surface area contributed by atoms with Gasteiger partial charge in [-0.2, -0.15) is 0 Å². The van der Waals surface area contributed by atoms with Crippen LogP contribution in [-0.4, -0.2) is 21.7 Å². The Morgan fingerprint density at radius 2 is 1.67 bits per heavy atom. The predicted octanol–water partition coefficient (Wildman–Crippen LogP) is 2.19. The van der Waals surface area contributed by atoms with Crippen molar-refractivity contribution in [2.24, 2.45) is 0 Å². The SMILES string of the molecule is C=CC(Br)N1C(=O)c2ccccc2C1=O. The smallest absolute Gasteiger partial charge is 0.262 e. The van der Waals surface area contributed by atoms with Crippen molar-refractivity contribution >= 4 is 27.7 Å². The lowest BCUT2D eigenvalue weighted by Crippen LogP contribution is -2.34. The zero-order chi connectivity index (χ0) is 11.0. The molecule has 0 N–H and O–H groups in total. The van der Waals surface area contributed by atoms with Gasteiger partial charge in [-0.05, 0) is 12.1 Å². The van der Waals surface area contributed by atoms with Gasteiger partial charge in [0.05, 0.1) is 11.1 Å². The number of imide groups is 1. The van der Waals surface area contributed by atoms with E-state index in [0.29, 0.717) is 11.1 Å². The van der Waals surface area contributed by atoms with Gasteiger partial charge in [0, 0.05) is 0 Å². The molecule has 15 heavy (non-hydrogen) atoms. The minimum Gasteiger partial charge on any atom is -0.269 e. The lowest BCUT2D eigenvalue weighted by atomic mass is 10.1. The number of rotatable bonds is 2. The average molecular weight is 266 g/mol. The minimum absolute atomic E-state index is 0.280. The molecular weight excluding hydrogens is 258 g/mol. The molecular formula is C11H8BrNO2. The number of nitrogens with zero attached hydrogens (tertiary/aromatic N) is 1. The van der Waals surface area contributed by atoms with Crippen LogP contribution in [-0.2, 0) is 0 Å². The molecule has 0 saturated heterocycles. The van der Waals surface area contributed by atoms with Crippen molar-refractivity contribution in [2.45, 2.75) is 4.95 Å². The molecule has 1 aromatic carbocycles. The molecule has 0 radical (unpaired) electrons. The molecule has 0 fully saturated rings. The molecule has 0 aliphatic carbocycles. The number of fused-ring (bicyclic) bond motifs is 1. The molecule has 1 aromatic rings. The van der Waals surface area contributed by atoms with E-state index in [4.69, 9.17) is 0 Å². The lowest BCUT2D eigenvalue weighted by Gasteiger charge is -2.16. The van der Waals surface area contributed by atoms with Crippen LogP contribution in [0.1, 0.15) is 20.7 Å². The van der Waals surface area contributed by atoms with E-state index in [1.807, 2.05) is 0 Å². The Morgan fingerprint density at radius 1 is 1.20 bits per heavy atom. The van der Waals surface area contributed by atoms with E-state index in [0.717, 1.165) is 4.90 Å². The molecule has 0 aromatic heterocycles. The van der Waals surface area contributed by atoms with Crippen LogP contribution in [0.5, 0.6) is 0 Å². The zero-order valence-corrected chi connectivity index (χ0v) is 9.40. The van der Waals surface area contributed by atoms with Gasteiger partial charge >= 0.3 is 0 Å². The molecule has 1 aliphatic heterocycles. The lowest BCUT2D eigenvalue weighted by molar-refractivity contribution is 0.0660. The Hall–Kier alpha value is -1.42. The molecule has 1 atom stereocenters. The highest BCUT2D eigenvalue weighted by atomic mass is 79.9. The van der Waals surface area contributed by atoms with E-state index in [2.05, 4.69) is 22.5 Å². The summed E-state index contributed by atoms with van der Waals surface area (Å²) in [5.74, 6) is -0.560. The second-order valence-electron chi connectivity index (χ2n) is 3.13. The number of benzene rings is 1. The third-order valence-electron chi connectivity index (χ3n) is 2.27. The molecule has 0 saturated carbocycles. The first-order valence-electron chi connectivity index (χ1n) is 4.40. The Bertz CT molecular complexity index is 421. The average Bonchev–Trinajstić information content (AvgIpc) is 2.52. The summed E-state index contributed by atoms with van der Waals surface area (Å²) in [5.41, 5.74) is 0.905. The van der Waals surface area contributed by atoms with Crippen LogP contribution in [0, 0.1) is 0 Å². The summed E-state index contributed by atoms with van der Waals surface area (Å²) >= 11 is 3.21. The highest BCUT2D eigenvalue weighted by molar-refractivity contribution is 9.09. The Labute approximate surface area is 95.5 Å². The quantitative estimate of drug-likeness (QED) is 0.356. The van der Waals surface area contributed by atoms with Crippen molar-refractivity contribution in [1.82, 2.24) is 4.90 Å². The van der Waals surface area contributed by atoms with Gasteiger partial charge in [0.1, 0.15) is 4.95 Å². The van der Waals surface area contributed by atoms with Crippen molar-refractivity contribution in [3.8, 4) is 0 Å². The zero-order valence-electron chi connectivity index (χ0n) is 7.81. The van der Waals surface area contributed by atoms with E-state index >= 15 is 0 Å². The van der Waals surface area contributed by atoms with Gasteiger partial charge < -0.3 is 0 Å². The normalized spacial score (nSPS) is 16.5. The fourth-order valence-electron chi connectivity index (χ4n) is 1.54. The Balaban J connectivity index is 2.50. The van der Waals surface area contributed by atoms with Crippen molar-refractivity contribution in [1.29, 1.82) is 0 Å². The first-order valence-corrected chi connectivity index (χ1v) is 5.32. The van der Waals surface area contributed by atoms with Gasteiger partial charge in [-0.25, -0.2) is 0 Å². The van der Waals surface area contributed by atoms with E-state index in [9.17, 15) is 9.59 Å². The summed E-state index contributed by atoms with van der Waals surface area (Å²) in [6, 6.07) is 6.78. The highest BCUT2D eigenvalue weighted by Gasteiger charge is 2.37. The molecule has 2 amide bonds. The van der Waals surface area contributed by atoms with Gasteiger partial charge in [-0.1, -0.05) is 34.1 Å². The van der Waals surface area contributed by atoms with Crippen LogP contribution < -0.4 is 0 Å². The summed E-state index contributed by atoms with van der Waals surface area (Å²) in [6.45, 7) is 3.54. The van der Waals surface area contributed by atoms with Crippen LogP contribution >= 0.6 is 15.9 Å². The monoisotopic (exact) mass is 265 g/mol. The fraction of sp³-hybridized carbons (Fsp3) is 0.0909. The van der Waals surface area contributed by atoms with Crippen molar-refractivity contribution in [3.05, 3.63) is 48.0 Å². The van der Waals surface area contributed by atoms with Crippen molar-refractivity contribution in [3.63, 3.8) is 0 Å². The summed E-state index contributed by atoms with van der Waals surface area (Å²) in [4.78, 5) is 24.4. The van der Waals surface area contributed by atoms with Gasteiger partial charge in [0.25, 0.3) is 11.8 Å². The third-order valence-corrected chi connectivity index (χ3v) is 3.05. The molecule has 1 aliphatic rings. The van der Waals surface area contributed by atoms with Crippen molar-refractivity contribution < 1.29 is 9.59 Å². The maximum atomic E-state index is 11.8. The first-order chi connectivity index (χ1) is 7.16. The second-order valence-corrected chi connectivity index (χ2v) is 4.07. The Morgan fingerprint density at radius 3 is 2.07 bits per heavy atom. The fourth-order valence-corrected chi connectivity index (χ4v) is 1.91. The van der Waals surface area contributed by atoms with Crippen molar-refractivity contribution in [2.75, 3.05) is 0 Å². The molecule has 1 unspecified atom stereocenters. The maximum absolute atomic E-state index is 11.8. The first kappa shape index (κ1) is 10.1. The third kappa shape index (κ3) is 1.41. The molecule has 0 spiro atoms. The summed E-state index contributed by atoms with van der Waals surface area (Å²) in [6.07, 6.45) is 1.50. The Kier molecular flexibility index (Phi) is 2.44. The van der Waals surface area contributed by atoms with Gasteiger partial charge in [0.15, 0.2) is 0 Å². The number of amides is 2. The molecule has 3 nitrogen and oxygen atoms in total. The molecule has 1 heterocycles. The topological polar surface area (TPSA) is 37.4 Å². The minimum atomic E-state index is -0.454. The van der Waals surface area contributed by atoms with E-state index in [1.54, 1.807) is 24.3 Å². The van der Waals surface area contributed by atoms with Crippen LogP contribution in [0.15, 0.2) is 36.9 Å². The van der Waals surface area contributed by atoms with Crippen LogP contribution in [0.3, 0.4) is 0 Å². The summed E-state index contributed by atoms with van der Waals surface area (Å²) < 4.78 is 0. The number of halogens is 1. The number of alkyl halides is 1. The maximum Gasteiger partial charge on any atom is 0.262 e. The van der Waals surface area contributed by atoms with Gasteiger partial charge in [0.2, 0.25) is 0 Å². The van der Waals surface area contributed by atoms with Gasteiger partial charge in [-0.3, -0.25) is 14.5 Å². The van der Waals surface area contributed by atoms with Gasteiger partial charge in [-0.15, -0.1) is 6.58 Å². The summed E-state index contributed by atoms with van der Waals surface area (Å²) in [5, 5.41) is 0. The number of carbonyl (C=O) groups is 2. The number of hydrogen-bond acceptors (Lipinski definition) is 2. The molecule has 4 heteroatoms. The van der Waals surface area contributed by atoms with E-state index in [1.165, 1.54) is 6.08 Å². The predicted molar refractivity (Wildman–Crippen MR) is 59.9 cm³/mol.